The second kappa shape index (κ2) is 12.8. The molecule has 4 N–H and O–H groups in total. The predicted octanol–water partition coefficient (Wildman–Crippen LogP) is 9.27. The molecule has 0 aliphatic heterocycles. The van der Waals surface area contributed by atoms with Gasteiger partial charge < -0.3 is 11.5 Å². The zero-order chi connectivity index (χ0) is 24.5. The summed E-state index contributed by atoms with van der Waals surface area (Å²) in [6, 6.07) is 17.4. The molecule has 0 unspecified atom stereocenters. The normalized spacial score (nSPS) is 22.8. The fourth-order valence-electron chi connectivity index (χ4n) is 7.29. The molecule has 2 aromatic carbocycles. The van der Waals surface area contributed by atoms with E-state index in [9.17, 15) is 0 Å². The van der Waals surface area contributed by atoms with Crippen molar-refractivity contribution in [3.63, 3.8) is 0 Å². The summed E-state index contributed by atoms with van der Waals surface area (Å²) in [4.78, 5) is 0. The van der Waals surface area contributed by atoms with Gasteiger partial charge in [-0.3, -0.25) is 0 Å². The Bertz CT molecular complexity index is 805. The van der Waals surface area contributed by atoms with Crippen molar-refractivity contribution in [1.29, 1.82) is 0 Å². The Morgan fingerprint density at radius 2 is 1.06 bits per heavy atom. The first-order valence-electron chi connectivity index (χ1n) is 14.8. The van der Waals surface area contributed by atoms with Crippen molar-refractivity contribution in [2.45, 2.75) is 115 Å². The SMILES string of the molecule is CCCCCCCCC[C@H]1CC[C@H](C2CCC(c3ccc(N)cc3)(c3ccc(N)cc3)CC2)CC1. The summed E-state index contributed by atoms with van der Waals surface area (Å²) in [6.45, 7) is 2.31. The van der Waals surface area contributed by atoms with Crippen LogP contribution in [-0.2, 0) is 5.41 Å². The fraction of sp³-hybridized carbons (Fsp3) is 0.636. The van der Waals surface area contributed by atoms with E-state index in [0.717, 1.165) is 29.1 Å². The van der Waals surface area contributed by atoms with Crippen LogP contribution in [0, 0.1) is 17.8 Å². The molecule has 0 spiro atoms. The molecule has 4 rings (SSSR count). The van der Waals surface area contributed by atoms with Crippen molar-refractivity contribution in [2.75, 3.05) is 11.5 Å². The Kier molecular flexibility index (Phi) is 9.58. The lowest BCUT2D eigenvalue weighted by Gasteiger charge is -2.44. The summed E-state index contributed by atoms with van der Waals surface area (Å²) in [6.07, 6.45) is 22.7. The second-order valence-electron chi connectivity index (χ2n) is 11.9. The first kappa shape index (κ1) is 26.1. The van der Waals surface area contributed by atoms with Crippen molar-refractivity contribution < 1.29 is 0 Å². The number of hydrogen-bond donors (Lipinski definition) is 2. The molecule has 2 nitrogen and oxygen atoms in total. The van der Waals surface area contributed by atoms with Gasteiger partial charge in [-0.2, -0.15) is 0 Å². The molecule has 35 heavy (non-hydrogen) atoms. The van der Waals surface area contributed by atoms with Gasteiger partial charge in [0, 0.05) is 16.8 Å². The molecule has 2 saturated carbocycles. The number of nitrogens with two attached hydrogens (primary N) is 2. The van der Waals surface area contributed by atoms with Gasteiger partial charge in [0.1, 0.15) is 0 Å². The third-order valence-corrected chi connectivity index (χ3v) is 9.58. The largest absolute Gasteiger partial charge is 0.399 e. The van der Waals surface area contributed by atoms with Crippen molar-refractivity contribution in [2.24, 2.45) is 17.8 Å². The van der Waals surface area contributed by atoms with E-state index in [1.807, 2.05) is 0 Å². The summed E-state index contributed by atoms with van der Waals surface area (Å²) in [7, 11) is 0. The molecule has 0 heterocycles. The van der Waals surface area contributed by atoms with Crippen molar-refractivity contribution in [1.82, 2.24) is 0 Å². The van der Waals surface area contributed by atoms with Crippen LogP contribution < -0.4 is 11.5 Å². The van der Waals surface area contributed by atoms with E-state index in [4.69, 9.17) is 11.5 Å². The van der Waals surface area contributed by atoms with Gasteiger partial charge in [0.15, 0.2) is 0 Å². The molecule has 0 atom stereocenters. The minimum absolute atomic E-state index is 0.103. The Morgan fingerprint density at radius 1 is 0.600 bits per heavy atom. The lowest BCUT2D eigenvalue weighted by atomic mass is 9.60. The molecule has 192 valence electrons. The molecule has 0 radical (unpaired) electrons. The Hall–Kier alpha value is -1.96. The molecule has 2 aliphatic rings. The number of nitrogen functional groups attached to an aromatic ring is 2. The van der Waals surface area contributed by atoms with Crippen LogP contribution in [0.5, 0.6) is 0 Å². The maximum Gasteiger partial charge on any atom is 0.0314 e. The predicted molar refractivity (Wildman–Crippen MR) is 153 cm³/mol. The van der Waals surface area contributed by atoms with Gasteiger partial charge in [-0.1, -0.05) is 95.4 Å². The van der Waals surface area contributed by atoms with Crippen LogP contribution in [-0.4, -0.2) is 0 Å². The molecular formula is C33H50N2. The van der Waals surface area contributed by atoms with E-state index < -0.39 is 0 Å². The number of hydrogen-bond acceptors (Lipinski definition) is 2. The van der Waals surface area contributed by atoms with Gasteiger partial charge in [-0.05, 0) is 91.7 Å². The quantitative estimate of drug-likeness (QED) is 0.252. The van der Waals surface area contributed by atoms with Gasteiger partial charge in [0.25, 0.3) is 0 Å². The van der Waals surface area contributed by atoms with Crippen LogP contribution in [0.2, 0.25) is 0 Å². The summed E-state index contributed by atoms with van der Waals surface area (Å²) in [5, 5.41) is 0. The van der Waals surface area contributed by atoms with Crippen molar-refractivity contribution in [3.8, 4) is 0 Å². The Labute approximate surface area is 215 Å². The highest BCUT2D eigenvalue weighted by Gasteiger charge is 2.40. The van der Waals surface area contributed by atoms with Crippen LogP contribution in [0.3, 0.4) is 0 Å². The van der Waals surface area contributed by atoms with Crippen molar-refractivity contribution in [3.05, 3.63) is 59.7 Å². The van der Waals surface area contributed by atoms with Gasteiger partial charge in [0.05, 0.1) is 0 Å². The molecular weight excluding hydrogens is 424 g/mol. The Morgan fingerprint density at radius 3 is 1.57 bits per heavy atom. The third-order valence-electron chi connectivity index (χ3n) is 9.58. The van der Waals surface area contributed by atoms with E-state index in [1.54, 1.807) is 0 Å². The molecule has 2 fully saturated rings. The van der Waals surface area contributed by atoms with E-state index >= 15 is 0 Å². The van der Waals surface area contributed by atoms with Crippen LogP contribution in [0.25, 0.3) is 0 Å². The van der Waals surface area contributed by atoms with E-state index in [-0.39, 0.29) is 5.41 Å². The smallest absolute Gasteiger partial charge is 0.0314 e. The van der Waals surface area contributed by atoms with Crippen molar-refractivity contribution >= 4 is 11.4 Å². The van der Waals surface area contributed by atoms with E-state index in [2.05, 4.69) is 55.5 Å². The third kappa shape index (κ3) is 6.83. The van der Waals surface area contributed by atoms with E-state index in [0.29, 0.717) is 0 Å². The molecule has 0 aromatic heterocycles. The maximum absolute atomic E-state index is 6.03. The fourth-order valence-corrected chi connectivity index (χ4v) is 7.29. The van der Waals surface area contributed by atoms with Gasteiger partial charge in [-0.25, -0.2) is 0 Å². The molecule has 0 amide bonds. The van der Waals surface area contributed by atoms with Gasteiger partial charge in [-0.15, -0.1) is 0 Å². The minimum atomic E-state index is 0.103. The zero-order valence-corrected chi connectivity index (χ0v) is 22.3. The van der Waals surface area contributed by atoms with Crippen LogP contribution in [0.15, 0.2) is 48.5 Å². The van der Waals surface area contributed by atoms with Crippen LogP contribution in [0.4, 0.5) is 11.4 Å². The van der Waals surface area contributed by atoms with Crippen LogP contribution >= 0.6 is 0 Å². The van der Waals surface area contributed by atoms with Crippen LogP contribution in [0.1, 0.15) is 121 Å². The summed E-state index contributed by atoms with van der Waals surface area (Å²) < 4.78 is 0. The lowest BCUT2D eigenvalue weighted by Crippen LogP contribution is -2.36. The summed E-state index contributed by atoms with van der Waals surface area (Å²) in [5.74, 6) is 2.87. The minimum Gasteiger partial charge on any atom is -0.399 e. The monoisotopic (exact) mass is 474 g/mol. The first-order chi connectivity index (χ1) is 17.1. The topological polar surface area (TPSA) is 52.0 Å². The van der Waals surface area contributed by atoms with E-state index in [1.165, 1.54) is 114 Å². The Balaban J connectivity index is 1.28. The molecule has 2 heteroatoms. The highest BCUT2D eigenvalue weighted by atomic mass is 14.6. The highest BCUT2D eigenvalue weighted by Crippen LogP contribution is 2.50. The second-order valence-corrected chi connectivity index (χ2v) is 11.9. The summed E-state index contributed by atoms with van der Waals surface area (Å²) >= 11 is 0. The molecule has 0 saturated heterocycles. The number of rotatable bonds is 11. The first-order valence-corrected chi connectivity index (χ1v) is 14.8. The zero-order valence-electron chi connectivity index (χ0n) is 22.3. The van der Waals surface area contributed by atoms with Gasteiger partial charge >= 0.3 is 0 Å². The number of unbranched alkanes of at least 4 members (excludes halogenated alkanes) is 6. The lowest BCUT2D eigenvalue weighted by molar-refractivity contribution is 0.140. The highest BCUT2D eigenvalue weighted by molar-refractivity contribution is 5.49. The molecule has 2 aliphatic carbocycles. The standard InChI is InChI=1S/C33H50N2/c1-2-3-4-5-6-7-8-9-26-10-12-27(13-11-26)28-22-24-33(25-23-28,29-14-18-31(34)19-15-29)30-16-20-32(35)21-17-30/h14-21,26-28H,2-13,22-25,34-35H2,1H3/t26-,27-. The number of anilines is 2. The molecule has 0 bridgehead atoms. The number of benzene rings is 2. The summed E-state index contributed by atoms with van der Waals surface area (Å²) in [5.41, 5.74) is 16.7. The maximum atomic E-state index is 6.03. The molecule has 2 aromatic rings. The average molecular weight is 475 g/mol. The average Bonchev–Trinajstić information content (AvgIpc) is 2.89. The van der Waals surface area contributed by atoms with Gasteiger partial charge in [0.2, 0.25) is 0 Å².